The number of ether oxygens (including phenoxy) is 2. The van der Waals surface area contributed by atoms with Crippen molar-refractivity contribution in [2.45, 2.75) is 32.4 Å². The highest BCUT2D eigenvalue weighted by Gasteiger charge is 2.46. The number of unbranched alkanes of at least 4 members (excludes halogenated alkanes) is 1. The predicted octanol–water partition coefficient (Wildman–Crippen LogP) is 7.28. The zero-order valence-corrected chi connectivity index (χ0v) is 22.3. The number of hydrogen-bond acceptors (Lipinski definition) is 5. The summed E-state index contributed by atoms with van der Waals surface area (Å²) in [5.41, 5.74) is 1.97. The second-order valence-electron chi connectivity index (χ2n) is 9.63. The third-order valence-corrected chi connectivity index (χ3v) is 6.76. The first-order valence-electron chi connectivity index (χ1n) is 13.4. The van der Waals surface area contributed by atoms with Gasteiger partial charge in [-0.3, -0.25) is 9.59 Å². The Morgan fingerprint density at radius 3 is 2.23 bits per heavy atom. The van der Waals surface area contributed by atoms with Gasteiger partial charge >= 0.3 is 0 Å². The number of benzene rings is 4. The Bertz CT molecular complexity index is 1510. The molecule has 1 fully saturated rings. The quantitative estimate of drug-likeness (QED) is 0.100. The fraction of sp³-hybridized carbons (Fsp3) is 0.176. The third-order valence-electron chi connectivity index (χ3n) is 6.76. The molecular formula is C34H31NO5. The molecular weight excluding hydrogens is 502 g/mol. The molecule has 40 heavy (non-hydrogen) atoms. The Hall–Kier alpha value is -4.84. The lowest BCUT2D eigenvalue weighted by atomic mass is 9.95. The number of amides is 1. The maximum Gasteiger partial charge on any atom is 0.295 e. The number of para-hydroxylation sites is 1. The number of carbonyl (C=O) groups is 2. The molecule has 0 bridgehead atoms. The van der Waals surface area contributed by atoms with E-state index >= 15 is 0 Å². The highest BCUT2D eigenvalue weighted by atomic mass is 16.5. The molecule has 1 aliphatic rings. The molecule has 4 aromatic rings. The molecule has 1 unspecified atom stereocenters. The van der Waals surface area contributed by atoms with Crippen molar-refractivity contribution in [3.05, 3.63) is 131 Å². The van der Waals surface area contributed by atoms with Crippen LogP contribution in [-0.2, 0) is 16.1 Å². The van der Waals surface area contributed by atoms with Gasteiger partial charge in [0.15, 0.2) is 0 Å². The van der Waals surface area contributed by atoms with Gasteiger partial charge in [-0.25, -0.2) is 0 Å². The summed E-state index contributed by atoms with van der Waals surface area (Å²) in [6.45, 7) is 2.84. The summed E-state index contributed by atoms with van der Waals surface area (Å²) < 4.78 is 11.9. The number of rotatable bonds is 10. The minimum Gasteiger partial charge on any atom is -0.507 e. The molecule has 0 aromatic heterocycles. The summed E-state index contributed by atoms with van der Waals surface area (Å²) in [5.74, 6) is 0.170. The second-order valence-corrected chi connectivity index (χ2v) is 9.63. The van der Waals surface area contributed by atoms with Crippen molar-refractivity contribution in [1.82, 2.24) is 4.90 Å². The molecule has 1 saturated heterocycles. The van der Waals surface area contributed by atoms with Gasteiger partial charge in [0.1, 0.15) is 23.0 Å². The summed E-state index contributed by atoms with van der Waals surface area (Å²) >= 11 is 0. The van der Waals surface area contributed by atoms with Crippen molar-refractivity contribution >= 4 is 17.4 Å². The zero-order valence-electron chi connectivity index (χ0n) is 22.3. The first-order valence-corrected chi connectivity index (χ1v) is 13.4. The molecule has 1 N–H and O–H groups in total. The van der Waals surface area contributed by atoms with Gasteiger partial charge in [-0.05, 0) is 53.9 Å². The van der Waals surface area contributed by atoms with Crippen molar-refractivity contribution in [2.75, 3.05) is 6.61 Å². The van der Waals surface area contributed by atoms with Gasteiger partial charge in [-0.1, -0.05) is 86.1 Å². The second kappa shape index (κ2) is 12.3. The lowest BCUT2D eigenvalue weighted by molar-refractivity contribution is -0.140. The van der Waals surface area contributed by atoms with Gasteiger partial charge in [0.2, 0.25) is 0 Å². The molecule has 1 amide bonds. The number of likely N-dealkylation sites (tertiary alicyclic amines) is 1. The molecule has 6 heteroatoms. The average Bonchev–Trinajstić information content (AvgIpc) is 3.23. The van der Waals surface area contributed by atoms with E-state index in [9.17, 15) is 14.7 Å². The third kappa shape index (κ3) is 5.91. The number of Topliss-reactive ketones (excluding diaryl/α,β-unsaturated/α-hetero) is 1. The van der Waals surface area contributed by atoms with Crippen LogP contribution in [0.3, 0.4) is 0 Å². The monoisotopic (exact) mass is 533 g/mol. The molecule has 1 heterocycles. The summed E-state index contributed by atoms with van der Waals surface area (Å²) in [6, 6.07) is 32.3. The van der Waals surface area contributed by atoms with Gasteiger partial charge in [0.05, 0.1) is 18.2 Å². The molecule has 4 aromatic carbocycles. The number of nitrogens with zero attached hydrogens (tertiary/aromatic N) is 1. The fourth-order valence-electron chi connectivity index (χ4n) is 4.77. The van der Waals surface area contributed by atoms with Gasteiger partial charge in [-0.15, -0.1) is 0 Å². The van der Waals surface area contributed by atoms with Crippen LogP contribution < -0.4 is 9.47 Å². The van der Waals surface area contributed by atoms with E-state index in [1.165, 1.54) is 4.90 Å². The van der Waals surface area contributed by atoms with E-state index in [0.717, 1.165) is 18.4 Å². The largest absolute Gasteiger partial charge is 0.507 e. The summed E-state index contributed by atoms with van der Waals surface area (Å²) in [7, 11) is 0. The van der Waals surface area contributed by atoms with Crippen LogP contribution in [0, 0.1) is 0 Å². The Balaban J connectivity index is 1.57. The first-order chi connectivity index (χ1) is 19.5. The predicted molar refractivity (Wildman–Crippen MR) is 154 cm³/mol. The van der Waals surface area contributed by atoms with Crippen molar-refractivity contribution in [1.29, 1.82) is 0 Å². The van der Waals surface area contributed by atoms with Crippen molar-refractivity contribution in [3.63, 3.8) is 0 Å². The van der Waals surface area contributed by atoms with Gasteiger partial charge < -0.3 is 19.5 Å². The van der Waals surface area contributed by atoms with E-state index < -0.39 is 17.7 Å². The lowest BCUT2D eigenvalue weighted by Gasteiger charge is -2.26. The van der Waals surface area contributed by atoms with Crippen molar-refractivity contribution in [3.8, 4) is 17.2 Å². The summed E-state index contributed by atoms with van der Waals surface area (Å²) in [6.07, 6.45) is 1.90. The minimum absolute atomic E-state index is 0.0310. The maximum atomic E-state index is 13.5. The van der Waals surface area contributed by atoms with Crippen LogP contribution in [0.1, 0.15) is 42.5 Å². The van der Waals surface area contributed by atoms with Crippen LogP contribution in [0.15, 0.2) is 115 Å². The Morgan fingerprint density at radius 2 is 1.48 bits per heavy atom. The molecule has 0 aliphatic carbocycles. The standard InChI is InChI=1S/C34H31NO5/c1-2-3-20-39-28-18-11-15-26(22-28)32(36)30-31(35(34(38)33(30)37)23-24-12-6-4-7-13-24)25-14-10-19-29(21-25)40-27-16-8-5-9-17-27/h4-19,21-22,31,36H,2-3,20,23H2,1H3. The molecule has 0 radical (unpaired) electrons. The Morgan fingerprint density at radius 1 is 0.800 bits per heavy atom. The molecule has 6 nitrogen and oxygen atoms in total. The van der Waals surface area contributed by atoms with Crippen LogP contribution in [0.2, 0.25) is 0 Å². The van der Waals surface area contributed by atoms with Crippen LogP contribution in [0.4, 0.5) is 0 Å². The van der Waals surface area contributed by atoms with Crippen molar-refractivity contribution < 1.29 is 24.2 Å². The van der Waals surface area contributed by atoms with Gasteiger partial charge in [0.25, 0.3) is 11.7 Å². The summed E-state index contributed by atoms with van der Waals surface area (Å²) in [5, 5.41) is 11.5. The van der Waals surface area contributed by atoms with E-state index in [4.69, 9.17) is 9.47 Å². The van der Waals surface area contributed by atoms with Gasteiger partial charge in [0, 0.05) is 12.1 Å². The Kier molecular flexibility index (Phi) is 8.26. The average molecular weight is 534 g/mol. The van der Waals surface area contributed by atoms with E-state index in [1.807, 2.05) is 84.9 Å². The Labute approximate surface area is 234 Å². The molecule has 5 rings (SSSR count). The van der Waals surface area contributed by atoms with E-state index in [1.54, 1.807) is 24.3 Å². The molecule has 0 spiro atoms. The fourth-order valence-corrected chi connectivity index (χ4v) is 4.77. The molecule has 1 atom stereocenters. The van der Waals surface area contributed by atoms with Crippen LogP contribution in [-0.4, -0.2) is 28.3 Å². The number of ketones is 1. The van der Waals surface area contributed by atoms with E-state index in [2.05, 4.69) is 6.92 Å². The highest BCUT2D eigenvalue weighted by molar-refractivity contribution is 6.46. The summed E-state index contributed by atoms with van der Waals surface area (Å²) in [4.78, 5) is 28.4. The normalized spacial score (nSPS) is 16.2. The van der Waals surface area contributed by atoms with E-state index in [-0.39, 0.29) is 17.9 Å². The minimum atomic E-state index is -0.816. The van der Waals surface area contributed by atoms with Crippen LogP contribution >= 0.6 is 0 Å². The first kappa shape index (κ1) is 26.8. The molecule has 202 valence electrons. The zero-order chi connectivity index (χ0) is 27.9. The number of carbonyl (C=O) groups excluding carboxylic acids is 2. The highest BCUT2D eigenvalue weighted by Crippen LogP contribution is 2.41. The van der Waals surface area contributed by atoms with Crippen molar-refractivity contribution in [2.24, 2.45) is 0 Å². The lowest BCUT2D eigenvalue weighted by Crippen LogP contribution is -2.29. The van der Waals surface area contributed by atoms with Crippen LogP contribution in [0.25, 0.3) is 5.76 Å². The van der Waals surface area contributed by atoms with Crippen LogP contribution in [0.5, 0.6) is 17.2 Å². The SMILES string of the molecule is CCCCOc1cccc(C(O)=C2C(=O)C(=O)N(Cc3ccccc3)C2c2cccc(Oc3ccccc3)c2)c1. The number of aliphatic hydroxyl groups is 1. The molecule has 1 aliphatic heterocycles. The number of hydrogen-bond donors (Lipinski definition) is 1. The number of aliphatic hydroxyl groups excluding tert-OH is 1. The maximum absolute atomic E-state index is 13.5. The smallest absolute Gasteiger partial charge is 0.295 e. The molecule has 0 saturated carbocycles. The van der Waals surface area contributed by atoms with Gasteiger partial charge in [-0.2, -0.15) is 0 Å². The topological polar surface area (TPSA) is 76.1 Å². The van der Waals surface area contributed by atoms with E-state index in [0.29, 0.717) is 35.0 Å².